The first-order valence-electron chi connectivity index (χ1n) is 7.27. The molecule has 0 heterocycles. The number of para-hydroxylation sites is 1. The van der Waals surface area contributed by atoms with E-state index >= 15 is 0 Å². The maximum Gasteiger partial charge on any atom is 0.387 e. The molecule has 2 aromatic carbocycles. The highest BCUT2D eigenvalue weighted by atomic mass is 19.3. The number of ether oxygens (including phenoxy) is 1. The number of amides is 1. The number of nitrogens with one attached hydrogen (secondary N) is 1. The van der Waals surface area contributed by atoms with Crippen LogP contribution in [0.25, 0.3) is 0 Å². The molecule has 0 saturated carbocycles. The molecule has 1 N–H and O–H groups in total. The van der Waals surface area contributed by atoms with E-state index in [1.54, 1.807) is 19.1 Å². The largest absolute Gasteiger partial charge is 0.433 e. The van der Waals surface area contributed by atoms with Crippen LogP contribution in [-0.2, 0) is 11.2 Å². The molecule has 0 aliphatic heterocycles. The average molecular weight is 319 g/mol. The predicted molar refractivity (Wildman–Crippen MR) is 86.1 cm³/mol. The van der Waals surface area contributed by atoms with Crippen LogP contribution in [-0.4, -0.2) is 12.5 Å². The fourth-order valence-corrected chi connectivity index (χ4v) is 2.34. The number of rotatable bonds is 5. The summed E-state index contributed by atoms with van der Waals surface area (Å²) in [6.07, 6.45) is 0.177. The fourth-order valence-electron chi connectivity index (χ4n) is 2.34. The molecule has 0 unspecified atom stereocenters. The van der Waals surface area contributed by atoms with Crippen molar-refractivity contribution in [1.29, 1.82) is 0 Å². The number of hydrogen-bond donors (Lipinski definition) is 1. The predicted octanol–water partition coefficient (Wildman–Crippen LogP) is 4.39. The van der Waals surface area contributed by atoms with Gasteiger partial charge in [-0.25, -0.2) is 0 Å². The van der Waals surface area contributed by atoms with Crippen molar-refractivity contribution in [3.63, 3.8) is 0 Å². The third-order valence-corrected chi connectivity index (χ3v) is 3.57. The maximum absolute atomic E-state index is 12.5. The van der Waals surface area contributed by atoms with Gasteiger partial charge in [0.1, 0.15) is 5.75 Å². The van der Waals surface area contributed by atoms with Gasteiger partial charge in [-0.1, -0.05) is 35.9 Å². The molecule has 0 saturated heterocycles. The van der Waals surface area contributed by atoms with Crippen LogP contribution >= 0.6 is 0 Å². The van der Waals surface area contributed by atoms with Gasteiger partial charge in [-0.3, -0.25) is 4.79 Å². The number of benzene rings is 2. The van der Waals surface area contributed by atoms with E-state index in [4.69, 9.17) is 0 Å². The Labute approximate surface area is 134 Å². The molecule has 122 valence electrons. The van der Waals surface area contributed by atoms with Crippen molar-refractivity contribution in [3.8, 4) is 5.75 Å². The van der Waals surface area contributed by atoms with E-state index in [9.17, 15) is 13.6 Å². The summed E-state index contributed by atoms with van der Waals surface area (Å²) in [5, 5.41) is 2.68. The van der Waals surface area contributed by atoms with Crippen molar-refractivity contribution in [2.75, 3.05) is 5.32 Å². The highest BCUT2D eigenvalue weighted by Gasteiger charge is 2.15. The molecule has 23 heavy (non-hydrogen) atoms. The van der Waals surface area contributed by atoms with Crippen LogP contribution in [0.5, 0.6) is 5.75 Å². The smallest absolute Gasteiger partial charge is 0.387 e. The summed E-state index contributed by atoms with van der Waals surface area (Å²) < 4.78 is 29.4. The number of carbonyl (C=O) groups is 1. The van der Waals surface area contributed by atoms with E-state index in [2.05, 4.69) is 10.1 Å². The lowest BCUT2D eigenvalue weighted by Gasteiger charge is -2.15. The molecule has 0 aliphatic rings. The Balaban J connectivity index is 2.18. The van der Waals surface area contributed by atoms with E-state index in [0.717, 1.165) is 16.7 Å². The lowest BCUT2D eigenvalue weighted by molar-refractivity contribution is -0.115. The molecule has 0 spiro atoms. The minimum absolute atomic E-state index is 0.0330. The van der Waals surface area contributed by atoms with E-state index in [1.165, 1.54) is 6.07 Å². The van der Waals surface area contributed by atoms with Crippen molar-refractivity contribution in [2.45, 2.75) is 33.8 Å². The zero-order chi connectivity index (χ0) is 17.0. The first kappa shape index (κ1) is 16.9. The van der Waals surface area contributed by atoms with Crippen molar-refractivity contribution >= 4 is 11.6 Å². The molecule has 0 radical (unpaired) electrons. The lowest BCUT2D eigenvalue weighted by Crippen LogP contribution is -2.17. The first-order valence-corrected chi connectivity index (χ1v) is 7.27. The van der Waals surface area contributed by atoms with Gasteiger partial charge in [-0.05, 0) is 43.5 Å². The van der Waals surface area contributed by atoms with Gasteiger partial charge in [0, 0.05) is 0 Å². The monoisotopic (exact) mass is 319 g/mol. The van der Waals surface area contributed by atoms with Crippen LogP contribution < -0.4 is 10.1 Å². The van der Waals surface area contributed by atoms with Gasteiger partial charge in [0.15, 0.2) is 0 Å². The SMILES string of the molecule is Cc1ccc(C)c(CC(=O)Nc2c(C)cccc2OC(F)F)c1. The Kier molecular flexibility index (Phi) is 5.32. The summed E-state index contributed by atoms with van der Waals surface area (Å²) in [5.41, 5.74) is 3.93. The highest BCUT2D eigenvalue weighted by molar-refractivity contribution is 5.94. The Morgan fingerprint density at radius 3 is 2.57 bits per heavy atom. The van der Waals surface area contributed by atoms with Crippen molar-refractivity contribution < 1.29 is 18.3 Å². The van der Waals surface area contributed by atoms with E-state index in [0.29, 0.717) is 5.56 Å². The number of carbonyl (C=O) groups excluding carboxylic acids is 1. The van der Waals surface area contributed by atoms with Crippen molar-refractivity contribution in [3.05, 3.63) is 58.7 Å². The van der Waals surface area contributed by atoms with Gasteiger partial charge in [0.25, 0.3) is 0 Å². The topological polar surface area (TPSA) is 38.3 Å². The second kappa shape index (κ2) is 7.22. The lowest BCUT2D eigenvalue weighted by atomic mass is 10.0. The van der Waals surface area contributed by atoms with E-state index < -0.39 is 6.61 Å². The zero-order valence-electron chi connectivity index (χ0n) is 13.3. The van der Waals surface area contributed by atoms with Crippen LogP contribution in [0.3, 0.4) is 0 Å². The third kappa shape index (κ3) is 4.52. The van der Waals surface area contributed by atoms with Gasteiger partial charge >= 0.3 is 6.61 Å². The van der Waals surface area contributed by atoms with Crippen LogP contribution in [0, 0.1) is 20.8 Å². The Morgan fingerprint density at radius 1 is 1.13 bits per heavy atom. The minimum atomic E-state index is -2.94. The normalized spacial score (nSPS) is 10.7. The van der Waals surface area contributed by atoms with Gasteiger partial charge in [0.05, 0.1) is 12.1 Å². The average Bonchev–Trinajstić information content (AvgIpc) is 2.46. The van der Waals surface area contributed by atoms with Crippen LogP contribution in [0.15, 0.2) is 36.4 Å². The quantitative estimate of drug-likeness (QED) is 0.887. The second-order valence-corrected chi connectivity index (χ2v) is 5.48. The molecule has 0 aliphatic carbocycles. The summed E-state index contributed by atoms with van der Waals surface area (Å²) in [6, 6.07) is 10.6. The third-order valence-electron chi connectivity index (χ3n) is 3.57. The molecule has 0 fully saturated rings. The molecule has 1 amide bonds. The molecule has 0 atom stereocenters. The first-order chi connectivity index (χ1) is 10.9. The van der Waals surface area contributed by atoms with Gasteiger partial charge in [-0.2, -0.15) is 8.78 Å². The molecule has 3 nitrogen and oxygen atoms in total. The molecular formula is C18H19F2NO2. The van der Waals surface area contributed by atoms with E-state index in [-0.39, 0.29) is 23.8 Å². The van der Waals surface area contributed by atoms with Gasteiger partial charge < -0.3 is 10.1 Å². The van der Waals surface area contributed by atoms with Crippen LogP contribution in [0.1, 0.15) is 22.3 Å². The summed E-state index contributed by atoms with van der Waals surface area (Å²) in [4.78, 5) is 12.3. The Hall–Kier alpha value is -2.43. The van der Waals surface area contributed by atoms with Crippen molar-refractivity contribution in [2.24, 2.45) is 0 Å². The van der Waals surface area contributed by atoms with Gasteiger partial charge in [-0.15, -0.1) is 0 Å². The summed E-state index contributed by atoms with van der Waals surface area (Å²) in [5.74, 6) is -0.304. The second-order valence-electron chi connectivity index (χ2n) is 5.48. The molecule has 2 rings (SSSR count). The molecule has 2 aromatic rings. The molecule has 5 heteroatoms. The molecular weight excluding hydrogens is 300 g/mol. The summed E-state index contributed by atoms with van der Waals surface area (Å²) in [6.45, 7) is 2.68. The number of halogens is 2. The van der Waals surface area contributed by atoms with Gasteiger partial charge in [0.2, 0.25) is 5.91 Å². The number of hydrogen-bond acceptors (Lipinski definition) is 2. The van der Waals surface area contributed by atoms with Crippen molar-refractivity contribution in [1.82, 2.24) is 0 Å². The Morgan fingerprint density at radius 2 is 1.87 bits per heavy atom. The highest BCUT2D eigenvalue weighted by Crippen LogP contribution is 2.29. The fraction of sp³-hybridized carbons (Fsp3) is 0.278. The number of alkyl halides is 2. The number of anilines is 1. The summed E-state index contributed by atoms with van der Waals surface area (Å²) >= 11 is 0. The minimum Gasteiger partial charge on any atom is -0.433 e. The molecule has 0 bridgehead atoms. The maximum atomic E-state index is 12.5. The van der Waals surface area contributed by atoms with Crippen LogP contribution in [0.2, 0.25) is 0 Å². The number of aryl methyl sites for hydroxylation is 3. The molecule has 0 aromatic heterocycles. The Bertz CT molecular complexity index is 714. The van der Waals surface area contributed by atoms with E-state index in [1.807, 2.05) is 32.0 Å². The summed E-state index contributed by atoms with van der Waals surface area (Å²) in [7, 11) is 0. The standard InChI is InChI=1S/C18H19F2NO2/c1-11-7-8-12(2)14(9-11)10-16(22)21-17-13(3)5-4-6-15(17)23-18(19)20/h4-9,18H,10H2,1-3H3,(H,21,22). The van der Waals surface area contributed by atoms with Crippen LogP contribution in [0.4, 0.5) is 14.5 Å². The zero-order valence-corrected chi connectivity index (χ0v) is 13.3.